The molecule has 2 aromatic carbocycles. The number of likely N-dealkylation sites (tertiary alicyclic amines) is 1. The summed E-state index contributed by atoms with van der Waals surface area (Å²) in [5.41, 5.74) is 1.04. The maximum Gasteiger partial charge on any atom is 0.311 e. The highest BCUT2D eigenvalue weighted by atomic mass is 16.6. The summed E-state index contributed by atoms with van der Waals surface area (Å²) in [5.74, 6) is 2.63. The van der Waals surface area contributed by atoms with Crippen LogP contribution < -0.4 is 23.8 Å². The van der Waals surface area contributed by atoms with Crippen molar-refractivity contribution < 1.29 is 28.7 Å². The quantitative estimate of drug-likeness (QED) is 0.274. The lowest BCUT2D eigenvalue weighted by atomic mass is 10.1. The number of rotatable bonds is 12. The third-order valence-electron chi connectivity index (χ3n) is 7.54. The lowest BCUT2D eigenvalue weighted by molar-refractivity contribution is -0.385. The molecule has 1 amide bonds. The summed E-state index contributed by atoms with van der Waals surface area (Å²) in [6.45, 7) is 9.96. The second kappa shape index (κ2) is 14.2. The van der Waals surface area contributed by atoms with Crippen LogP contribution in [-0.2, 0) is 4.79 Å². The fraction of sp³-hybridized carbons (Fsp3) is 0.567. The van der Waals surface area contributed by atoms with Crippen molar-refractivity contribution in [2.75, 3.05) is 71.5 Å². The Balaban J connectivity index is 1.19. The van der Waals surface area contributed by atoms with Gasteiger partial charge in [0.1, 0.15) is 11.9 Å². The molecule has 2 aliphatic heterocycles. The number of nitrogens with zero attached hydrogens (tertiary/aromatic N) is 4. The molecule has 0 spiro atoms. The topological polar surface area (TPSA) is 107 Å². The number of carbonyl (C=O) groups excluding carboxylic acids is 1. The molecule has 224 valence electrons. The highest BCUT2D eigenvalue weighted by Gasteiger charge is 2.26. The molecular formula is C30H42N4O7. The molecule has 11 heteroatoms. The highest BCUT2D eigenvalue weighted by Crippen LogP contribution is 2.33. The van der Waals surface area contributed by atoms with Gasteiger partial charge in [-0.1, -0.05) is 13.8 Å². The van der Waals surface area contributed by atoms with E-state index in [1.807, 2.05) is 30.9 Å². The fourth-order valence-corrected chi connectivity index (χ4v) is 5.17. The van der Waals surface area contributed by atoms with Gasteiger partial charge in [-0.25, -0.2) is 0 Å². The third kappa shape index (κ3) is 8.16. The van der Waals surface area contributed by atoms with Crippen LogP contribution in [0.5, 0.6) is 23.0 Å². The Morgan fingerprint density at radius 2 is 1.66 bits per heavy atom. The Bertz CT molecular complexity index is 1180. The molecule has 0 N–H and O–H groups in total. The first kappa shape index (κ1) is 30.2. The van der Waals surface area contributed by atoms with Crippen LogP contribution in [0, 0.1) is 16.0 Å². The summed E-state index contributed by atoms with van der Waals surface area (Å²) in [6, 6.07) is 10.6. The predicted octanol–water partition coefficient (Wildman–Crippen LogP) is 4.23. The SMILES string of the molecule is COc1ccc(N2CCN(CCC(=O)N3CCC(Oc4ccc([N+](=O)[O-])c(OCC(C)C)c4)CC3)CC2)cc1OC. The number of amides is 1. The van der Waals surface area contributed by atoms with E-state index in [4.69, 9.17) is 18.9 Å². The number of hydrogen-bond acceptors (Lipinski definition) is 9. The second-order valence-electron chi connectivity index (χ2n) is 10.9. The largest absolute Gasteiger partial charge is 0.493 e. The van der Waals surface area contributed by atoms with Crippen molar-refractivity contribution >= 4 is 17.3 Å². The molecule has 0 radical (unpaired) electrons. The first-order valence-corrected chi connectivity index (χ1v) is 14.3. The first-order chi connectivity index (χ1) is 19.8. The predicted molar refractivity (Wildman–Crippen MR) is 156 cm³/mol. The van der Waals surface area contributed by atoms with Crippen molar-refractivity contribution in [2.45, 2.75) is 39.2 Å². The van der Waals surface area contributed by atoms with Gasteiger partial charge >= 0.3 is 5.69 Å². The molecule has 0 unspecified atom stereocenters. The van der Waals surface area contributed by atoms with E-state index < -0.39 is 4.92 Å². The van der Waals surface area contributed by atoms with Gasteiger partial charge in [0.25, 0.3) is 0 Å². The minimum atomic E-state index is -0.443. The van der Waals surface area contributed by atoms with E-state index in [-0.39, 0.29) is 29.4 Å². The zero-order valence-corrected chi connectivity index (χ0v) is 24.5. The van der Waals surface area contributed by atoms with E-state index in [1.54, 1.807) is 26.4 Å². The number of ether oxygens (including phenoxy) is 4. The van der Waals surface area contributed by atoms with Crippen molar-refractivity contribution in [2.24, 2.45) is 5.92 Å². The minimum Gasteiger partial charge on any atom is -0.493 e. The van der Waals surface area contributed by atoms with Crippen LogP contribution in [0.4, 0.5) is 11.4 Å². The Labute approximate surface area is 242 Å². The van der Waals surface area contributed by atoms with Crippen LogP contribution in [0.2, 0.25) is 0 Å². The maximum absolute atomic E-state index is 12.9. The Hall–Kier alpha value is -3.73. The van der Waals surface area contributed by atoms with Crippen LogP contribution in [0.1, 0.15) is 33.1 Å². The van der Waals surface area contributed by atoms with Crippen LogP contribution >= 0.6 is 0 Å². The Morgan fingerprint density at radius 1 is 0.951 bits per heavy atom. The van der Waals surface area contributed by atoms with Crippen molar-refractivity contribution in [3.05, 3.63) is 46.5 Å². The number of piperidine rings is 1. The molecule has 0 aliphatic carbocycles. The molecule has 2 aliphatic rings. The summed E-state index contributed by atoms with van der Waals surface area (Å²) in [4.78, 5) is 30.5. The van der Waals surface area contributed by atoms with Crippen LogP contribution in [0.15, 0.2) is 36.4 Å². The van der Waals surface area contributed by atoms with E-state index in [9.17, 15) is 14.9 Å². The van der Waals surface area contributed by atoms with Gasteiger partial charge in [0.2, 0.25) is 11.7 Å². The van der Waals surface area contributed by atoms with Crippen LogP contribution in [-0.4, -0.2) is 93.4 Å². The third-order valence-corrected chi connectivity index (χ3v) is 7.54. The van der Waals surface area contributed by atoms with Gasteiger partial charge in [0.05, 0.1) is 25.7 Å². The number of benzene rings is 2. The van der Waals surface area contributed by atoms with E-state index in [0.717, 1.165) is 62.8 Å². The number of methoxy groups -OCH3 is 2. The first-order valence-electron chi connectivity index (χ1n) is 14.3. The molecule has 0 atom stereocenters. The van der Waals surface area contributed by atoms with Crippen molar-refractivity contribution in [1.29, 1.82) is 0 Å². The normalized spacial score (nSPS) is 16.5. The van der Waals surface area contributed by atoms with Gasteiger partial charge in [-0.2, -0.15) is 0 Å². The number of carbonyl (C=O) groups is 1. The summed E-state index contributed by atoms with van der Waals surface area (Å²) in [5, 5.41) is 11.4. The standard InChI is InChI=1S/C30H42N4O7/c1-22(2)21-40-28-20-25(6-7-26(28)34(36)37)41-24-9-13-33(14-10-24)30(35)11-12-31-15-17-32(18-16-31)23-5-8-27(38-3)29(19-23)39-4/h5-8,19-20,22,24H,9-18,21H2,1-4H3. The average Bonchev–Trinajstić information content (AvgIpc) is 2.99. The van der Waals surface area contributed by atoms with Gasteiger partial charge in [-0.15, -0.1) is 0 Å². The van der Waals surface area contributed by atoms with Crippen LogP contribution in [0.3, 0.4) is 0 Å². The number of hydrogen-bond donors (Lipinski definition) is 0. The summed E-state index contributed by atoms with van der Waals surface area (Å²) < 4.78 is 22.6. The molecule has 2 aromatic rings. The van der Waals surface area contributed by atoms with Gasteiger partial charge in [-0.3, -0.25) is 19.8 Å². The molecule has 2 fully saturated rings. The monoisotopic (exact) mass is 570 g/mol. The number of nitro benzene ring substituents is 1. The van der Waals surface area contributed by atoms with E-state index >= 15 is 0 Å². The maximum atomic E-state index is 12.9. The van der Waals surface area contributed by atoms with Gasteiger partial charge in [0, 0.05) is 89.0 Å². The van der Waals surface area contributed by atoms with E-state index in [1.165, 1.54) is 6.07 Å². The summed E-state index contributed by atoms with van der Waals surface area (Å²) >= 11 is 0. The Morgan fingerprint density at radius 3 is 2.29 bits per heavy atom. The zero-order chi connectivity index (χ0) is 29.4. The second-order valence-corrected chi connectivity index (χ2v) is 10.9. The van der Waals surface area contributed by atoms with Crippen LogP contribution in [0.25, 0.3) is 0 Å². The lowest BCUT2D eigenvalue weighted by Gasteiger charge is -2.37. The van der Waals surface area contributed by atoms with Crippen molar-refractivity contribution in [3.63, 3.8) is 0 Å². The zero-order valence-electron chi connectivity index (χ0n) is 24.5. The van der Waals surface area contributed by atoms with E-state index in [0.29, 0.717) is 31.9 Å². The highest BCUT2D eigenvalue weighted by molar-refractivity contribution is 5.76. The fourth-order valence-electron chi connectivity index (χ4n) is 5.17. The molecule has 41 heavy (non-hydrogen) atoms. The molecule has 0 aromatic heterocycles. The smallest absolute Gasteiger partial charge is 0.311 e. The number of piperazine rings is 1. The molecule has 0 bridgehead atoms. The molecular weight excluding hydrogens is 528 g/mol. The molecule has 4 rings (SSSR count). The van der Waals surface area contributed by atoms with E-state index in [2.05, 4.69) is 15.9 Å². The van der Waals surface area contributed by atoms with Crippen molar-refractivity contribution in [3.8, 4) is 23.0 Å². The average molecular weight is 571 g/mol. The lowest BCUT2D eigenvalue weighted by Crippen LogP contribution is -2.48. The Kier molecular flexibility index (Phi) is 10.5. The summed E-state index contributed by atoms with van der Waals surface area (Å²) in [6.07, 6.45) is 1.88. The summed E-state index contributed by atoms with van der Waals surface area (Å²) in [7, 11) is 3.28. The molecule has 11 nitrogen and oxygen atoms in total. The molecule has 2 saturated heterocycles. The number of anilines is 1. The minimum absolute atomic E-state index is 0.0527. The van der Waals surface area contributed by atoms with Crippen molar-refractivity contribution in [1.82, 2.24) is 9.80 Å². The van der Waals surface area contributed by atoms with Gasteiger partial charge in [0.15, 0.2) is 11.5 Å². The molecule has 2 heterocycles. The van der Waals surface area contributed by atoms with Gasteiger partial charge in [-0.05, 0) is 24.1 Å². The number of nitro groups is 1. The molecule has 0 saturated carbocycles. The van der Waals surface area contributed by atoms with Gasteiger partial charge < -0.3 is 28.7 Å².